The highest BCUT2D eigenvalue weighted by Crippen LogP contribution is 2.28. The molecule has 0 radical (unpaired) electrons. The fraction of sp³-hybridized carbons (Fsp3) is 0.333. The average molecular weight is 243 g/mol. The smallest absolute Gasteiger partial charge is 0.0897 e. The second-order valence-corrected chi connectivity index (χ2v) is 4.93. The first-order chi connectivity index (χ1) is 7.09. The first kappa shape index (κ1) is 10.6. The van der Waals surface area contributed by atoms with E-state index >= 15 is 0 Å². The molecular weight excluding hydrogens is 232 g/mol. The molecule has 80 valence electrons. The third-order valence-electron chi connectivity index (χ3n) is 2.18. The highest BCUT2D eigenvalue weighted by molar-refractivity contribution is 7.11. The molecule has 0 aliphatic carbocycles. The number of aryl methyl sites for hydroxylation is 2. The highest BCUT2D eigenvalue weighted by atomic mass is 35.5. The van der Waals surface area contributed by atoms with Gasteiger partial charge in [0, 0.05) is 18.1 Å². The van der Waals surface area contributed by atoms with Crippen LogP contribution in [0.4, 0.5) is 0 Å². The molecule has 6 heteroatoms. The summed E-state index contributed by atoms with van der Waals surface area (Å²) >= 11 is 7.59. The van der Waals surface area contributed by atoms with Crippen LogP contribution in [0.15, 0.2) is 12.4 Å². The van der Waals surface area contributed by atoms with Gasteiger partial charge in [0.2, 0.25) is 0 Å². The zero-order valence-corrected chi connectivity index (χ0v) is 10.0. The summed E-state index contributed by atoms with van der Waals surface area (Å²) in [4.78, 5) is 5.17. The van der Waals surface area contributed by atoms with E-state index in [1.165, 1.54) is 0 Å². The first-order valence-corrected chi connectivity index (χ1v) is 5.64. The van der Waals surface area contributed by atoms with Crippen molar-refractivity contribution in [3.63, 3.8) is 0 Å². The maximum absolute atomic E-state index is 6.10. The van der Waals surface area contributed by atoms with Crippen molar-refractivity contribution >= 4 is 22.9 Å². The molecule has 0 aromatic carbocycles. The largest absolute Gasteiger partial charge is 0.318 e. The highest BCUT2D eigenvalue weighted by Gasteiger charge is 2.18. The van der Waals surface area contributed by atoms with Crippen molar-refractivity contribution in [1.82, 2.24) is 14.8 Å². The second kappa shape index (κ2) is 3.92. The van der Waals surface area contributed by atoms with Crippen LogP contribution in [0.3, 0.4) is 0 Å². The molecule has 4 nitrogen and oxygen atoms in total. The zero-order valence-electron chi connectivity index (χ0n) is 8.44. The van der Waals surface area contributed by atoms with Crippen LogP contribution >= 0.6 is 22.9 Å². The second-order valence-electron chi connectivity index (χ2n) is 3.26. The molecule has 0 spiro atoms. The molecule has 1 unspecified atom stereocenters. The summed E-state index contributed by atoms with van der Waals surface area (Å²) in [6, 6.07) is -0.254. The Morgan fingerprint density at radius 2 is 2.27 bits per heavy atom. The van der Waals surface area contributed by atoms with Gasteiger partial charge >= 0.3 is 0 Å². The fourth-order valence-corrected chi connectivity index (χ4v) is 2.50. The van der Waals surface area contributed by atoms with Crippen LogP contribution in [0.5, 0.6) is 0 Å². The van der Waals surface area contributed by atoms with E-state index in [4.69, 9.17) is 17.3 Å². The van der Waals surface area contributed by atoms with Crippen molar-refractivity contribution in [3.05, 3.63) is 33.0 Å². The Morgan fingerprint density at radius 3 is 2.73 bits per heavy atom. The molecule has 0 saturated carbocycles. The van der Waals surface area contributed by atoms with Gasteiger partial charge < -0.3 is 5.73 Å². The fourth-order valence-electron chi connectivity index (χ4n) is 1.43. The molecule has 0 aliphatic heterocycles. The number of thiazole rings is 1. The minimum Gasteiger partial charge on any atom is -0.318 e. The molecule has 2 rings (SSSR count). The minimum absolute atomic E-state index is 0.254. The zero-order chi connectivity index (χ0) is 11.0. The SMILES string of the molecule is Cc1ncc(C(N)c2c(Cl)cnn2C)s1. The van der Waals surface area contributed by atoms with Crippen molar-refractivity contribution < 1.29 is 0 Å². The normalized spacial score (nSPS) is 13.1. The number of rotatable bonds is 2. The van der Waals surface area contributed by atoms with Gasteiger partial charge in [0.1, 0.15) is 0 Å². The average Bonchev–Trinajstić information content (AvgIpc) is 2.73. The van der Waals surface area contributed by atoms with E-state index < -0.39 is 0 Å². The number of nitrogens with two attached hydrogens (primary N) is 1. The quantitative estimate of drug-likeness (QED) is 0.875. The monoisotopic (exact) mass is 242 g/mol. The van der Waals surface area contributed by atoms with Gasteiger partial charge in [-0.3, -0.25) is 4.68 Å². The van der Waals surface area contributed by atoms with E-state index in [1.807, 2.05) is 14.0 Å². The van der Waals surface area contributed by atoms with Crippen LogP contribution in [0, 0.1) is 6.92 Å². The summed E-state index contributed by atoms with van der Waals surface area (Å²) < 4.78 is 1.70. The van der Waals surface area contributed by atoms with Gasteiger partial charge in [-0.2, -0.15) is 5.10 Å². The van der Waals surface area contributed by atoms with Crippen molar-refractivity contribution in [1.29, 1.82) is 0 Å². The molecular formula is C9H11ClN4S. The van der Waals surface area contributed by atoms with Gasteiger partial charge in [-0.15, -0.1) is 11.3 Å². The topological polar surface area (TPSA) is 56.7 Å². The van der Waals surface area contributed by atoms with Gasteiger partial charge in [0.15, 0.2) is 0 Å². The van der Waals surface area contributed by atoms with Gasteiger partial charge in [0.05, 0.1) is 28.0 Å². The molecule has 15 heavy (non-hydrogen) atoms. The predicted octanol–water partition coefficient (Wildman–Crippen LogP) is 1.89. The van der Waals surface area contributed by atoms with Crippen molar-refractivity contribution in [2.75, 3.05) is 0 Å². The van der Waals surface area contributed by atoms with E-state index in [2.05, 4.69) is 10.1 Å². The van der Waals surface area contributed by atoms with Crippen LogP contribution in [0.25, 0.3) is 0 Å². The van der Waals surface area contributed by atoms with Crippen molar-refractivity contribution in [2.24, 2.45) is 12.8 Å². The summed E-state index contributed by atoms with van der Waals surface area (Å²) in [6.45, 7) is 1.95. The summed E-state index contributed by atoms with van der Waals surface area (Å²) in [5.74, 6) is 0. The Labute approximate surface area is 96.7 Å². The van der Waals surface area contributed by atoms with E-state index in [1.54, 1.807) is 28.4 Å². The third-order valence-corrected chi connectivity index (χ3v) is 3.46. The van der Waals surface area contributed by atoms with E-state index in [0.717, 1.165) is 15.6 Å². The number of aromatic nitrogens is 3. The lowest BCUT2D eigenvalue weighted by molar-refractivity contribution is 0.677. The Hall–Kier alpha value is -0.910. The van der Waals surface area contributed by atoms with E-state index in [0.29, 0.717) is 5.02 Å². The molecule has 1 atom stereocenters. The molecule has 0 fully saturated rings. The van der Waals surface area contributed by atoms with Crippen LogP contribution in [-0.2, 0) is 7.05 Å². The molecule has 0 amide bonds. The lowest BCUT2D eigenvalue weighted by Gasteiger charge is -2.09. The van der Waals surface area contributed by atoms with Crippen LogP contribution < -0.4 is 5.73 Å². The van der Waals surface area contributed by atoms with Crippen molar-refractivity contribution in [2.45, 2.75) is 13.0 Å². The maximum atomic E-state index is 6.10. The first-order valence-electron chi connectivity index (χ1n) is 4.45. The van der Waals surface area contributed by atoms with Crippen LogP contribution in [0.2, 0.25) is 5.02 Å². The third kappa shape index (κ3) is 1.90. The molecule has 0 saturated heterocycles. The molecule has 2 aromatic heterocycles. The summed E-state index contributed by atoms with van der Waals surface area (Å²) in [7, 11) is 1.83. The van der Waals surface area contributed by atoms with Crippen LogP contribution in [-0.4, -0.2) is 14.8 Å². The van der Waals surface area contributed by atoms with Crippen LogP contribution in [0.1, 0.15) is 21.6 Å². The standard InChI is InChI=1S/C9H11ClN4S/c1-5-12-4-7(15-5)8(11)9-6(10)3-13-14(9)2/h3-4,8H,11H2,1-2H3. The number of hydrogen-bond donors (Lipinski definition) is 1. The Morgan fingerprint density at radius 1 is 1.53 bits per heavy atom. The molecule has 2 aromatic rings. The lowest BCUT2D eigenvalue weighted by atomic mass is 10.2. The van der Waals surface area contributed by atoms with Gasteiger partial charge in [-0.25, -0.2) is 4.98 Å². The number of hydrogen-bond acceptors (Lipinski definition) is 4. The number of nitrogens with zero attached hydrogens (tertiary/aromatic N) is 3. The molecule has 2 N–H and O–H groups in total. The van der Waals surface area contributed by atoms with Crippen molar-refractivity contribution in [3.8, 4) is 0 Å². The van der Waals surface area contributed by atoms with E-state index in [-0.39, 0.29) is 6.04 Å². The Bertz CT molecular complexity index is 457. The Balaban J connectivity index is 2.40. The van der Waals surface area contributed by atoms with Gasteiger partial charge in [0.25, 0.3) is 0 Å². The van der Waals surface area contributed by atoms with Gasteiger partial charge in [-0.05, 0) is 6.92 Å². The number of halogens is 1. The summed E-state index contributed by atoms with van der Waals surface area (Å²) in [6.07, 6.45) is 3.39. The molecule has 2 heterocycles. The predicted molar refractivity (Wildman–Crippen MR) is 61.1 cm³/mol. The Kier molecular flexibility index (Phi) is 2.77. The van der Waals surface area contributed by atoms with E-state index in [9.17, 15) is 0 Å². The maximum Gasteiger partial charge on any atom is 0.0897 e. The molecule has 0 bridgehead atoms. The molecule has 0 aliphatic rings. The minimum atomic E-state index is -0.254. The summed E-state index contributed by atoms with van der Waals surface area (Å²) in [5, 5.41) is 5.65. The lowest BCUT2D eigenvalue weighted by Crippen LogP contribution is -2.15. The summed E-state index contributed by atoms with van der Waals surface area (Å²) in [5.41, 5.74) is 6.92. The van der Waals surface area contributed by atoms with Gasteiger partial charge in [-0.1, -0.05) is 11.6 Å².